The van der Waals surface area contributed by atoms with Crippen molar-refractivity contribution < 1.29 is 0 Å². The average molecular weight is 258 g/mol. The van der Waals surface area contributed by atoms with Crippen LogP contribution in [-0.2, 0) is 6.42 Å². The van der Waals surface area contributed by atoms with Crippen LogP contribution in [0.5, 0.6) is 0 Å². The van der Waals surface area contributed by atoms with E-state index in [9.17, 15) is 0 Å². The lowest BCUT2D eigenvalue weighted by molar-refractivity contribution is 0.303. The van der Waals surface area contributed by atoms with Crippen LogP contribution in [0.2, 0.25) is 10.0 Å². The van der Waals surface area contributed by atoms with Gasteiger partial charge in [0, 0.05) is 10.0 Å². The second kappa shape index (κ2) is 5.90. The fourth-order valence-corrected chi connectivity index (χ4v) is 2.45. The molecule has 0 aliphatic heterocycles. The first-order chi connectivity index (χ1) is 7.75. The average Bonchev–Trinajstić information content (AvgIpc) is 2.18. The number of rotatable bonds is 5. The fraction of sp³-hybridized carbons (Fsp3) is 0.538. The molecule has 1 aliphatic carbocycles. The van der Waals surface area contributed by atoms with Gasteiger partial charge in [-0.05, 0) is 56.0 Å². The highest BCUT2D eigenvalue weighted by atomic mass is 35.5. The first kappa shape index (κ1) is 12.2. The predicted molar refractivity (Wildman–Crippen MR) is 70.4 cm³/mol. The van der Waals surface area contributed by atoms with Gasteiger partial charge in [0.15, 0.2) is 0 Å². The predicted octanol–water partition coefficient (Wildman–Crippen LogP) is 3.93. The van der Waals surface area contributed by atoms with Crippen molar-refractivity contribution in [1.29, 1.82) is 0 Å². The van der Waals surface area contributed by atoms with Crippen molar-refractivity contribution in [2.45, 2.75) is 25.7 Å². The van der Waals surface area contributed by atoms with Crippen LogP contribution in [0, 0.1) is 5.92 Å². The molecule has 88 valence electrons. The minimum atomic E-state index is 0.705. The summed E-state index contributed by atoms with van der Waals surface area (Å²) in [6, 6.07) is 5.72. The van der Waals surface area contributed by atoms with Gasteiger partial charge in [-0.1, -0.05) is 35.7 Å². The van der Waals surface area contributed by atoms with Crippen LogP contribution in [0.25, 0.3) is 0 Å². The molecule has 0 unspecified atom stereocenters. The third-order valence-corrected chi connectivity index (χ3v) is 3.83. The summed E-state index contributed by atoms with van der Waals surface area (Å²) >= 11 is 11.9. The van der Waals surface area contributed by atoms with Gasteiger partial charge in [-0.2, -0.15) is 0 Å². The van der Waals surface area contributed by atoms with E-state index in [-0.39, 0.29) is 0 Å². The Balaban J connectivity index is 1.71. The molecule has 0 amide bonds. The molecule has 0 aromatic heterocycles. The van der Waals surface area contributed by atoms with E-state index >= 15 is 0 Å². The smallest absolute Gasteiger partial charge is 0.0453 e. The van der Waals surface area contributed by atoms with Crippen molar-refractivity contribution in [2.24, 2.45) is 5.92 Å². The Morgan fingerprint density at radius 1 is 1.25 bits per heavy atom. The van der Waals surface area contributed by atoms with E-state index in [2.05, 4.69) is 5.32 Å². The van der Waals surface area contributed by atoms with Crippen LogP contribution in [0.1, 0.15) is 24.8 Å². The summed E-state index contributed by atoms with van der Waals surface area (Å²) in [4.78, 5) is 0. The first-order valence-electron chi connectivity index (χ1n) is 5.90. The zero-order valence-corrected chi connectivity index (χ0v) is 10.8. The van der Waals surface area contributed by atoms with Crippen LogP contribution in [0.4, 0.5) is 0 Å². The molecule has 1 aromatic carbocycles. The SMILES string of the molecule is Clc1ccc(CCNCC2CCC2)c(Cl)c1. The molecule has 0 heterocycles. The van der Waals surface area contributed by atoms with Gasteiger partial charge in [0.2, 0.25) is 0 Å². The summed E-state index contributed by atoms with van der Waals surface area (Å²) in [5.74, 6) is 0.917. The van der Waals surface area contributed by atoms with Crippen molar-refractivity contribution >= 4 is 23.2 Å². The van der Waals surface area contributed by atoms with Crippen molar-refractivity contribution in [1.82, 2.24) is 5.32 Å². The van der Waals surface area contributed by atoms with Gasteiger partial charge in [0.05, 0.1) is 0 Å². The number of halogens is 2. The molecule has 1 fully saturated rings. The molecule has 0 spiro atoms. The highest BCUT2D eigenvalue weighted by molar-refractivity contribution is 6.35. The van der Waals surface area contributed by atoms with Gasteiger partial charge in [-0.15, -0.1) is 0 Å². The first-order valence-corrected chi connectivity index (χ1v) is 6.66. The summed E-state index contributed by atoms with van der Waals surface area (Å²) in [7, 11) is 0. The molecule has 1 nitrogen and oxygen atoms in total. The molecular formula is C13H17Cl2N. The maximum atomic E-state index is 6.10. The molecular weight excluding hydrogens is 241 g/mol. The second-order valence-corrected chi connectivity index (χ2v) is 5.33. The Morgan fingerprint density at radius 2 is 2.06 bits per heavy atom. The number of hydrogen-bond acceptors (Lipinski definition) is 1. The van der Waals surface area contributed by atoms with Crippen LogP contribution in [-0.4, -0.2) is 13.1 Å². The van der Waals surface area contributed by atoms with Crippen LogP contribution in [0.3, 0.4) is 0 Å². The molecule has 16 heavy (non-hydrogen) atoms. The zero-order chi connectivity index (χ0) is 11.4. The third kappa shape index (κ3) is 3.38. The Bertz CT molecular complexity index is 348. The van der Waals surface area contributed by atoms with E-state index in [4.69, 9.17) is 23.2 Å². The molecule has 2 rings (SSSR count). The third-order valence-electron chi connectivity index (χ3n) is 3.24. The number of benzene rings is 1. The summed E-state index contributed by atoms with van der Waals surface area (Å²) in [6.07, 6.45) is 5.18. The standard InChI is InChI=1S/C13H17Cl2N/c14-12-5-4-11(13(15)8-12)6-7-16-9-10-2-1-3-10/h4-5,8,10,16H,1-3,6-7,9H2. The van der Waals surface area contributed by atoms with Crippen molar-refractivity contribution in [3.05, 3.63) is 33.8 Å². The molecule has 0 bridgehead atoms. The molecule has 1 aliphatic rings. The molecule has 1 N–H and O–H groups in total. The molecule has 0 radical (unpaired) electrons. The number of nitrogens with one attached hydrogen (secondary N) is 1. The number of hydrogen-bond donors (Lipinski definition) is 1. The van der Waals surface area contributed by atoms with Crippen molar-refractivity contribution in [3.63, 3.8) is 0 Å². The van der Waals surface area contributed by atoms with E-state index < -0.39 is 0 Å². The van der Waals surface area contributed by atoms with E-state index in [1.165, 1.54) is 24.8 Å². The van der Waals surface area contributed by atoms with Gasteiger partial charge in [-0.3, -0.25) is 0 Å². The maximum absolute atomic E-state index is 6.10. The molecule has 1 saturated carbocycles. The lowest BCUT2D eigenvalue weighted by Gasteiger charge is -2.25. The van der Waals surface area contributed by atoms with Crippen molar-refractivity contribution in [2.75, 3.05) is 13.1 Å². The van der Waals surface area contributed by atoms with Crippen molar-refractivity contribution in [3.8, 4) is 0 Å². The highest BCUT2D eigenvalue weighted by Gasteiger charge is 2.16. The summed E-state index contributed by atoms with van der Waals surface area (Å²) in [5.41, 5.74) is 1.17. The minimum Gasteiger partial charge on any atom is -0.316 e. The van der Waals surface area contributed by atoms with Gasteiger partial charge < -0.3 is 5.32 Å². The minimum absolute atomic E-state index is 0.705. The molecule has 0 saturated heterocycles. The molecule has 3 heteroatoms. The molecule has 1 aromatic rings. The maximum Gasteiger partial charge on any atom is 0.0453 e. The summed E-state index contributed by atoms with van der Waals surface area (Å²) < 4.78 is 0. The van der Waals surface area contributed by atoms with Crippen LogP contribution in [0.15, 0.2) is 18.2 Å². The topological polar surface area (TPSA) is 12.0 Å². The molecule has 0 atom stereocenters. The van der Waals surface area contributed by atoms with E-state index in [0.717, 1.165) is 30.5 Å². The van der Waals surface area contributed by atoms with E-state index in [1.807, 2.05) is 18.2 Å². The largest absolute Gasteiger partial charge is 0.316 e. The van der Waals surface area contributed by atoms with E-state index in [0.29, 0.717) is 5.02 Å². The zero-order valence-electron chi connectivity index (χ0n) is 9.31. The second-order valence-electron chi connectivity index (χ2n) is 4.49. The quantitative estimate of drug-likeness (QED) is 0.789. The van der Waals surface area contributed by atoms with Crippen LogP contribution < -0.4 is 5.32 Å². The lowest BCUT2D eigenvalue weighted by atomic mass is 9.85. The van der Waals surface area contributed by atoms with Crippen LogP contribution >= 0.6 is 23.2 Å². The normalized spacial score (nSPS) is 16.1. The van der Waals surface area contributed by atoms with Gasteiger partial charge in [0.1, 0.15) is 0 Å². The Kier molecular flexibility index (Phi) is 4.51. The monoisotopic (exact) mass is 257 g/mol. The Labute approximate surface area is 107 Å². The Morgan fingerprint density at radius 3 is 2.69 bits per heavy atom. The summed E-state index contributed by atoms with van der Waals surface area (Å²) in [6.45, 7) is 2.16. The van der Waals surface area contributed by atoms with Gasteiger partial charge in [-0.25, -0.2) is 0 Å². The summed E-state index contributed by atoms with van der Waals surface area (Å²) in [5, 5.41) is 4.97. The van der Waals surface area contributed by atoms with Gasteiger partial charge >= 0.3 is 0 Å². The fourth-order valence-electron chi connectivity index (χ4n) is 1.95. The van der Waals surface area contributed by atoms with Gasteiger partial charge in [0.25, 0.3) is 0 Å². The lowest BCUT2D eigenvalue weighted by Crippen LogP contribution is -2.28. The van der Waals surface area contributed by atoms with E-state index in [1.54, 1.807) is 0 Å². The highest BCUT2D eigenvalue weighted by Crippen LogP contribution is 2.25. The Hall–Kier alpha value is -0.240.